The lowest BCUT2D eigenvalue weighted by Gasteiger charge is -2.11. The Hall–Kier alpha value is -1.89. The molecule has 0 radical (unpaired) electrons. The molecular formula is C21H26O. The molecule has 1 heteroatoms. The van der Waals surface area contributed by atoms with Crippen molar-refractivity contribution in [1.82, 2.24) is 0 Å². The van der Waals surface area contributed by atoms with Crippen molar-refractivity contribution in [2.45, 2.75) is 52.4 Å². The van der Waals surface area contributed by atoms with Crippen molar-refractivity contribution < 1.29 is 4.79 Å². The molecule has 0 fully saturated rings. The van der Waals surface area contributed by atoms with Crippen LogP contribution in [0, 0.1) is 0 Å². The summed E-state index contributed by atoms with van der Waals surface area (Å²) < 4.78 is 0. The SMILES string of the molecule is CCCCc1ccccc1C(=O)c1ccccc1CCCC. The fourth-order valence-electron chi connectivity index (χ4n) is 2.80. The predicted molar refractivity (Wildman–Crippen MR) is 93.5 cm³/mol. The van der Waals surface area contributed by atoms with E-state index in [0.29, 0.717) is 0 Å². The maximum absolute atomic E-state index is 13.0. The van der Waals surface area contributed by atoms with Crippen molar-refractivity contribution in [3.63, 3.8) is 0 Å². The van der Waals surface area contributed by atoms with Crippen molar-refractivity contribution in [2.75, 3.05) is 0 Å². The Bertz CT molecular complexity index is 559. The van der Waals surface area contributed by atoms with Crippen molar-refractivity contribution >= 4 is 5.78 Å². The smallest absolute Gasteiger partial charge is 0.193 e. The van der Waals surface area contributed by atoms with E-state index < -0.39 is 0 Å². The van der Waals surface area contributed by atoms with E-state index in [4.69, 9.17) is 0 Å². The van der Waals surface area contributed by atoms with Crippen LogP contribution < -0.4 is 0 Å². The number of rotatable bonds is 8. The van der Waals surface area contributed by atoms with Crippen LogP contribution in [0.4, 0.5) is 0 Å². The zero-order valence-electron chi connectivity index (χ0n) is 13.8. The van der Waals surface area contributed by atoms with Crippen LogP contribution in [-0.4, -0.2) is 5.78 Å². The largest absolute Gasteiger partial charge is 0.289 e. The Labute approximate surface area is 134 Å². The number of benzene rings is 2. The van der Waals surface area contributed by atoms with E-state index in [1.54, 1.807) is 0 Å². The quantitative estimate of drug-likeness (QED) is 0.579. The molecule has 0 saturated carbocycles. The Kier molecular flexibility index (Phi) is 6.39. The Morgan fingerprint density at radius 3 is 1.55 bits per heavy atom. The van der Waals surface area contributed by atoms with Crippen molar-refractivity contribution in [3.8, 4) is 0 Å². The number of carbonyl (C=O) groups is 1. The molecule has 0 bridgehead atoms. The molecule has 0 spiro atoms. The van der Waals surface area contributed by atoms with Gasteiger partial charge in [0.15, 0.2) is 5.78 Å². The van der Waals surface area contributed by atoms with Gasteiger partial charge >= 0.3 is 0 Å². The fourth-order valence-corrected chi connectivity index (χ4v) is 2.80. The normalized spacial score (nSPS) is 10.6. The molecule has 2 aromatic rings. The van der Waals surface area contributed by atoms with E-state index in [0.717, 1.165) is 49.7 Å². The summed E-state index contributed by atoms with van der Waals surface area (Å²) >= 11 is 0. The molecule has 116 valence electrons. The molecule has 0 atom stereocenters. The van der Waals surface area contributed by atoms with Crippen molar-refractivity contribution in [2.24, 2.45) is 0 Å². The van der Waals surface area contributed by atoms with Crippen LogP contribution in [0.2, 0.25) is 0 Å². The van der Waals surface area contributed by atoms with Crippen LogP contribution >= 0.6 is 0 Å². The van der Waals surface area contributed by atoms with Gasteiger partial charge in [0.25, 0.3) is 0 Å². The third kappa shape index (κ3) is 4.07. The van der Waals surface area contributed by atoms with E-state index in [1.165, 1.54) is 11.1 Å². The van der Waals surface area contributed by atoms with Gasteiger partial charge < -0.3 is 0 Å². The molecule has 0 aliphatic rings. The zero-order chi connectivity index (χ0) is 15.8. The van der Waals surface area contributed by atoms with E-state index in [1.807, 2.05) is 36.4 Å². The van der Waals surface area contributed by atoms with E-state index in [2.05, 4.69) is 26.0 Å². The van der Waals surface area contributed by atoms with Gasteiger partial charge in [-0.05, 0) is 36.8 Å². The number of hydrogen-bond donors (Lipinski definition) is 0. The standard InChI is InChI=1S/C21H26O/c1-3-5-11-17-13-7-9-15-19(17)21(22)20-16-10-8-14-18(20)12-6-4-2/h7-10,13-16H,3-6,11-12H2,1-2H3. The molecule has 0 saturated heterocycles. The number of hydrogen-bond acceptors (Lipinski definition) is 1. The average Bonchev–Trinajstić information content (AvgIpc) is 2.58. The Morgan fingerprint density at radius 1 is 0.727 bits per heavy atom. The summed E-state index contributed by atoms with van der Waals surface area (Å²) in [5.74, 6) is 0.179. The predicted octanol–water partition coefficient (Wildman–Crippen LogP) is 5.60. The molecule has 22 heavy (non-hydrogen) atoms. The molecule has 2 aromatic carbocycles. The lowest BCUT2D eigenvalue weighted by Crippen LogP contribution is -2.08. The van der Waals surface area contributed by atoms with Crippen LogP contribution in [0.3, 0.4) is 0 Å². The minimum Gasteiger partial charge on any atom is -0.289 e. The average molecular weight is 294 g/mol. The lowest BCUT2D eigenvalue weighted by molar-refractivity contribution is 0.103. The minimum absolute atomic E-state index is 0.179. The van der Waals surface area contributed by atoms with Gasteiger partial charge in [-0.25, -0.2) is 0 Å². The van der Waals surface area contributed by atoms with E-state index in [9.17, 15) is 4.79 Å². The molecule has 0 aliphatic heterocycles. The van der Waals surface area contributed by atoms with Gasteiger partial charge in [0.05, 0.1) is 0 Å². The number of aryl methyl sites for hydroxylation is 2. The Balaban J connectivity index is 2.32. The monoisotopic (exact) mass is 294 g/mol. The summed E-state index contributed by atoms with van der Waals surface area (Å²) in [6.07, 6.45) is 6.51. The van der Waals surface area contributed by atoms with Crippen molar-refractivity contribution in [1.29, 1.82) is 0 Å². The van der Waals surface area contributed by atoms with E-state index >= 15 is 0 Å². The van der Waals surface area contributed by atoms with Crippen molar-refractivity contribution in [3.05, 3.63) is 70.8 Å². The van der Waals surface area contributed by atoms with Crippen LogP contribution in [0.25, 0.3) is 0 Å². The molecule has 0 amide bonds. The number of unbranched alkanes of at least 4 members (excludes halogenated alkanes) is 2. The van der Waals surface area contributed by atoms with Crippen LogP contribution in [0.5, 0.6) is 0 Å². The third-order valence-corrected chi connectivity index (χ3v) is 4.12. The maximum Gasteiger partial charge on any atom is 0.193 e. The molecule has 2 rings (SSSR count). The first-order valence-corrected chi connectivity index (χ1v) is 8.48. The van der Waals surface area contributed by atoms with Gasteiger partial charge in [-0.3, -0.25) is 4.79 Å². The van der Waals surface area contributed by atoms with E-state index in [-0.39, 0.29) is 5.78 Å². The van der Waals surface area contributed by atoms with Gasteiger partial charge in [0.1, 0.15) is 0 Å². The second-order valence-corrected chi connectivity index (χ2v) is 5.85. The molecule has 0 aromatic heterocycles. The summed E-state index contributed by atoms with van der Waals surface area (Å²) in [4.78, 5) is 13.0. The topological polar surface area (TPSA) is 17.1 Å². The van der Waals surface area contributed by atoms with Crippen LogP contribution in [0.15, 0.2) is 48.5 Å². The van der Waals surface area contributed by atoms with Gasteiger partial charge in [-0.1, -0.05) is 75.2 Å². The van der Waals surface area contributed by atoms with Crippen LogP contribution in [0.1, 0.15) is 66.6 Å². The molecule has 0 aliphatic carbocycles. The van der Waals surface area contributed by atoms with Gasteiger partial charge in [-0.2, -0.15) is 0 Å². The second-order valence-electron chi connectivity index (χ2n) is 5.85. The lowest BCUT2D eigenvalue weighted by atomic mass is 9.91. The zero-order valence-corrected chi connectivity index (χ0v) is 13.8. The second kappa shape index (κ2) is 8.53. The maximum atomic E-state index is 13.0. The highest BCUT2D eigenvalue weighted by Crippen LogP contribution is 2.20. The summed E-state index contributed by atoms with van der Waals surface area (Å²) in [5, 5.41) is 0. The molecule has 0 unspecified atom stereocenters. The summed E-state index contributed by atoms with van der Waals surface area (Å²) in [5.41, 5.74) is 4.11. The first-order chi connectivity index (χ1) is 10.8. The molecular weight excluding hydrogens is 268 g/mol. The first-order valence-electron chi connectivity index (χ1n) is 8.48. The number of carbonyl (C=O) groups excluding carboxylic acids is 1. The van der Waals surface area contributed by atoms with Gasteiger partial charge in [0.2, 0.25) is 0 Å². The molecule has 0 heterocycles. The minimum atomic E-state index is 0.179. The highest BCUT2D eigenvalue weighted by molar-refractivity contribution is 6.10. The third-order valence-electron chi connectivity index (χ3n) is 4.12. The highest BCUT2D eigenvalue weighted by atomic mass is 16.1. The Morgan fingerprint density at radius 2 is 1.14 bits per heavy atom. The highest BCUT2D eigenvalue weighted by Gasteiger charge is 2.15. The number of ketones is 1. The van der Waals surface area contributed by atoms with Gasteiger partial charge in [-0.15, -0.1) is 0 Å². The van der Waals surface area contributed by atoms with Gasteiger partial charge in [0, 0.05) is 11.1 Å². The molecule has 1 nitrogen and oxygen atoms in total. The first kappa shape index (κ1) is 16.5. The van der Waals surface area contributed by atoms with Crippen LogP contribution in [-0.2, 0) is 12.8 Å². The summed E-state index contributed by atoms with van der Waals surface area (Å²) in [6, 6.07) is 16.1. The summed E-state index contributed by atoms with van der Waals surface area (Å²) in [6.45, 7) is 4.37. The summed E-state index contributed by atoms with van der Waals surface area (Å²) in [7, 11) is 0. The fraction of sp³-hybridized carbons (Fsp3) is 0.381. The molecule has 0 N–H and O–H groups in total.